The van der Waals surface area contributed by atoms with Crippen LogP contribution in [0.3, 0.4) is 0 Å². The summed E-state index contributed by atoms with van der Waals surface area (Å²) in [4.78, 5) is 37.1. The van der Waals surface area contributed by atoms with E-state index in [1.807, 2.05) is 34.6 Å². The molecule has 0 aliphatic carbocycles. The second-order valence-electron chi connectivity index (χ2n) is 9.55. The number of carboxylic acid groups (broad SMARTS) is 1. The molecule has 2 N–H and O–H groups in total. The molecule has 1 aromatic heterocycles. The molecule has 0 aliphatic heterocycles. The number of pyridine rings is 1. The van der Waals surface area contributed by atoms with Crippen LogP contribution >= 0.6 is 0 Å². The van der Waals surface area contributed by atoms with Gasteiger partial charge in [0.15, 0.2) is 0 Å². The second kappa shape index (κ2) is 10.6. The van der Waals surface area contributed by atoms with E-state index in [1.165, 1.54) is 0 Å². The number of aromatic nitrogens is 1. The van der Waals surface area contributed by atoms with Crippen LogP contribution in [0.2, 0.25) is 0 Å². The van der Waals surface area contributed by atoms with Gasteiger partial charge in [-0.1, -0.05) is 41.5 Å². The predicted molar refractivity (Wildman–Crippen MR) is 116 cm³/mol. The van der Waals surface area contributed by atoms with Crippen molar-refractivity contribution in [1.29, 1.82) is 0 Å². The van der Waals surface area contributed by atoms with Crippen LogP contribution in [-0.2, 0) is 17.8 Å². The number of nitrogens with one attached hydrogen (secondary N) is 1. The first-order valence-electron chi connectivity index (χ1n) is 10.6. The highest BCUT2D eigenvalue weighted by atomic mass is 16.4. The van der Waals surface area contributed by atoms with Gasteiger partial charge in [-0.05, 0) is 55.6 Å². The van der Waals surface area contributed by atoms with Gasteiger partial charge >= 0.3 is 5.97 Å². The highest BCUT2D eigenvalue weighted by Crippen LogP contribution is 2.23. The van der Waals surface area contributed by atoms with Crippen molar-refractivity contribution in [2.75, 3.05) is 0 Å². The predicted octanol–water partition coefficient (Wildman–Crippen LogP) is 4.16. The Kier molecular flexibility index (Phi) is 9.12. The zero-order valence-electron chi connectivity index (χ0n) is 19.1. The standard InChI is InChI=1S/C23H38N2O4/c1-8-19-16(4)13-18(22(29)25(19)12-11-15(2)3)21(28)24-17(9-10-20(26)27)14-23(5,6)7/h13,15,17H,8-12,14H2,1-7H3,(H,24,28)(H,26,27). The minimum absolute atomic E-state index is 0.0204. The van der Waals surface area contributed by atoms with Crippen LogP contribution in [0.15, 0.2) is 10.9 Å². The van der Waals surface area contributed by atoms with Gasteiger partial charge < -0.3 is 15.0 Å². The third-order valence-corrected chi connectivity index (χ3v) is 5.03. The van der Waals surface area contributed by atoms with Gasteiger partial charge in [0, 0.05) is 24.7 Å². The number of carbonyl (C=O) groups is 2. The lowest BCUT2D eigenvalue weighted by Crippen LogP contribution is -2.41. The highest BCUT2D eigenvalue weighted by molar-refractivity contribution is 5.94. The lowest BCUT2D eigenvalue weighted by molar-refractivity contribution is -0.137. The molecule has 1 aromatic rings. The summed E-state index contributed by atoms with van der Waals surface area (Å²) >= 11 is 0. The van der Waals surface area contributed by atoms with Gasteiger partial charge in [0.1, 0.15) is 5.56 Å². The molecule has 0 aliphatic rings. The molecule has 0 saturated carbocycles. The van der Waals surface area contributed by atoms with Crippen LogP contribution in [0.25, 0.3) is 0 Å². The summed E-state index contributed by atoms with van der Waals surface area (Å²) < 4.78 is 1.74. The number of carbonyl (C=O) groups excluding carboxylic acids is 1. The van der Waals surface area contributed by atoms with Gasteiger partial charge in [0.25, 0.3) is 11.5 Å². The summed E-state index contributed by atoms with van der Waals surface area (Å²) in [6.07, 6.45) is 2.55. The molecule has 1 heterocycles. The van der Waals surface area contributed by atoms with Crippen molar-refractivity contribution in [3.8, 4) is 0 Å². The first-order chi connectivity index (χ1) is 13.4. The molecule has 0 aromatic carbocycles. The van der Waals surface area contributed by atoms with E-state index in [2.05, 4.69) is 19.2 Å². The van der Waals surface area contributed by atoms with Crippen LogP contribution in [0.5, 0.6) is 0 Å². The molecule has 6 nitrogen and oxygen atoms in total. The number of aliphatic carboxylic acids is 1. The Morgan fingerprint density at radius 3 is 2.31 bits per heavy atom. The van der Waals surface area contributed by atoms with Gasteiger partial charge in [-0.2, -0.15) is 0 Å². The van der Waals surface area contributed by atoms with E-state index < -0.39 is 11.9 Å². The largest absolute Gasteiger partial charge is 0.481 e. The molecule has 0 fully saturated rings. The first-order valence-corrected chi connectivity index (χ1v) is 10.6. The Morgan fingerprint density at radius 2 is 1.83 bits per heavy atom. The lowest BCUT2D eigenvalue weighted by Gasteiger charge is -2.27. The Balaban J connectivity index is 3.20. The van der Waals surface area contributed by atoms with E-state index in [0.29, 0.717) is 25.3 Å². The number of hydrogen-bond donors (Lipinski definition) is 2. The van der Waals surface area contributed by atoms with Crippen LogP contribution in [0, 0.1) is 18.3 Å². The monoisotopic (exact) mass is 406 g/mol. The molecule has 1 unspecified atom stereocenters. The summed E-state index contributed by atoms with van der Waals surface area (Å²) in [7, 11) is 0. The second-order valence-corrected chi connectivity index (χ2v) is 9.55. The van der Waals surface area contributed by atoms with E-state index in [4.69, 9.17) is 5.11 Å². The minimum atomic E-state index is -0.891. The Hall–Kier alpha value is -2.11. The molecule has 6 heteroatoms. The molecular weight excluding hydrogens is 368 g/mol. The van der Waals surface area contributed by atoms with Crippen molar-refractivity contribution in [3.05, 3.63) is 33.2 Å². The van der Waals surface area contributed by atoms with E-state index in [9.17, 15) is 14.4 Å². The lowest BCUT2D eigenvalue weighted by atomic mass is 9.86. The van der Waals surface area contributed by atoms with Crippen molar-refractivity contribution in [1.82, 2.24) is 9.88 Å². The Morgan fingerprint density at radius 1 is 1.21 bits per heavy atom. The Labute approximate surface area is 174 Å². The smallest absolute Gasteiger partial charge is 0.303 e. The molecule has 29 heavy (non-hydrogen) atoms. The fourth-order valence-corrected chi connectivity index (χ4v) is 3.62. The van der Waals surface area contributed by atoms with E-state index in [0.717, 1.165) is 24.1 Å². The SMILES string of the molecule is CCc1c(C)cc(C(=O)NC(CCC(=O)O)CC(C)(C)C)c(=O)n1CCC(C)C. The molecule has 0 bridgehead atoms. The van der Waals surface area contributed by atoms with Crippen molar-refractivity contribution in [2.24, 2.45) is 11.3 Å². The van der Waals surface area contributed by atoms with Crippen molar-refractivity contribution < 1.29 is 14.7 Å². The van der Waals surface area contributed by atoms with Crippen LogP contribution in [0.4, 0.5) is 0 Å². The number of carboxylic acids is 1. The molecule has 0 spiro atoms. The fraction of sp³-hybridized carbons (Fsp3) is 0.696. The normalized spacial score (nSPS) is 12.8. The number of hydrogen-bond acceptors (Lipinski definition) is 3. The molecule has 164 valence electrons. The fourth-order valence-electron chi connectivity index (χ4n) is 3.62. The third-order valence-electron chi connectivity index (χ3n) is 5.03. The number of nitrogens with zero attached hydrogens (tertiary/aromatic N) is 1. The van der Waals surface area contributed by atoms with E-state index in [1.54, 1.807) is 10.6 Å². The summed E-state index contributed by atoms with van der Waals surface area (Å²) in [6, 6.07) is 1.38. The molecule has 0 radical (unpaired) electrons. The maximum Gasteiger partial charge on any atom is 0.303 e. The average Bonchev–Trinajstić information content (AvgIpc) is 2.58. The van der Waals surface area contributed by atoms with Crippen LogP contribution in [-0.4, -0.2) is 27.6 Å². The molecular formula is C23H38N2O4. The molecule has 1 rings (SSSR count). The summed E-state index contributed by atoms with van der Waals surface area (Å²) in [5.74, 6) is -0.854. The topological polar surface area (TPSA) is 88.4 Å². The van der Waals surface area contributed by atoms with Gasteiger partial charge in [-0.15, -0.1) is 0 Å². The quantitative estimate of drug-likeness (QED) is 0.610. The summed E-state index contributed by atoms with van der Waals surface area (Å²) in [6.45, 7) is 14.9. The Bertz CT molecular complexity index is 772. The maximum absolute atomic E-state index is 13.1. The van der Waals surface area contributed by atoms with Crippen molar-refractivity contribution >= 4 is 11.9 Å². The van der Waals surface area contributed by atoms with Gasteiger partial charge in [-0.25, -0.2) is 0 Å². The van der Waals surface area contributed by atoms with E-state index in [-0.39, 0.29) is 29.0 Å². The van der Waals surface area contributed by atoms with Crippen molar-refractivity contribution in [2.45, 2.75) is 93.2 Å². The number of rotatable bonds is 10. The molecule has 0 saturated heterocycles. The third kappa shape index (κ3) is 8.03. The van der Waals surface area contributed by atoms with Crippen LogP contribution in [0.1, 0.15) is 88.8 Å². The number of amides is 1. The molecule has 1 amide bonds. The summed E-state index contributed by atoms with van der Waals surface area (Å²) in [5.41, 5.74) is 1.69. The minimum Gasteiger partial charge on any atom is -0.481 e. The number of aryl methyl sites for hydroxylation is 1. The first kappa shape index (κ1) is 24.9. The summed E-state index contributed by atoms with van der Waals surface area (Å²) in [5, 5.41) is 12.0. The zero-order chi connectivity index (χ0) is 22.4. The molecule has 1 atom stereocenters. The van der Waals surface area contributed by atoms with Crippen molar-refractivity contribution in [3.63, 3.8) is 0 Å². The van der Waals surface area contributed by atoms with Crippen LogP contribution < -0.4 is 10.9 Å². The highest BCUT2D eigenvalue weighted by Gasteiger charge is 2.24. The average molecular weight is 407 g/mol. The van der Waals surface area contributed by atoms with E-state index >= 15 is 0 Å². The maximum atomic E-state index is 13.1. The van der Waals surface area contributed by atoms with Gasteiger partial charge in [0.2, 0.25) is 0 Å². The van der Waals surface area contributed by atoms with Gasteiger partial charge in [0.05, 0.1) is 0 Å². The van der Waals surface area contributed by atoms with Gasteiger partial charge in [-0.3, -0.25) is 14.4 Å². The zero-order valence-corrected chi connectivity index (χ0v) is 19.1.